The lowest BCUT2D eigenvalue weighted by Crippen LogP contribution is -2.17. The van der Waals surface area contributed by atoms with Crippen LogP contribution >= 0.6 is 0 Å². The molecule has 0 radical (unpaired) electrons. The Balaban J connectivity index is 1.57. The first-order chi connectivity index (χ1) is 9.33. The van der Waals surface area contributed by atoms with E-state index in [4.69, 9.17) is 4.74 Å². The van der Waals surface area contributed by atoms with Crippen LogP contribution in [-0.2, 0) is 17.8 Å². The molecule has 1 saturated carbocycles. The largest absolute Gasteiger partial charge is 0.462 e. The molecule has 1 aromatic rings. The first-order valence-electron chi connectivity index (χ1n) is 7.32. The Morgan fingerprint density at radius 1 is 1.16 bits per heavy atom. The van der Waals surface area contributed by atoms with Crippen LogP contribution in [-0.4, -0.2) is 12.6 Å². The summed E-state index contributed by atoms with van der Waals surface area (Å²) >= 11 is 0. The fourth-order valence-electron chi connectivity index (χ4n) is 3.05. The van der Waals surface area contributed by atoms with Crippen LogP contribution in [0.3, 0.4) is 0 Å². The van der Waals surface area contributed by atoms with E-state index in [1.807, 2.05) is 18.2 Å². The van der Waals surface area contributed by atoms with Crippen molar-refractivity contribution in [2.45, 2.75) is 45.2 Å². The number of fused-ring (bicyclic) bond motifs is 1. The van der Waals surface area contributed by atoms with Crippen molar-refractivity contribution in [3.8, 4) is 0 Å². The zero-order valence-electron chi connectivity index (χ0n) is 11.3. The van der Waals surface area contributed by atoms with Crippen molar-refractivity contribution >= 4 is 5.97 Å². The molecule has 1 heterocycles. The van der Waals surface area contributed by atoms with Crippen molar-refractivity contribution < 1.29 is 9.53 Å². The smallest absolute Gasteiger partial charge is 0.338 e. The Kier molecular flexibility index (Phi) is 3.83. The Labute approximate surface area is 114 Å². The van der Waals surface area contributed by atoms with Crippen LogP contribution in [0.25, 0.3) is 0 Å². The minimum atomic E-state index is -0.166. The monoisotopic (exact) mass is 259 g/mol. The highest BCUT2D eigenvalue weighted by Crippen LogP contribution is 2.24. The first kappa shape index (κ1) is 12.7. The van der Waals surface area contributed by atoms with E-state index in [0.717, 1.165) is 13.1 Å². The summed E-state index contributed by atoms with van der Waals surface area (Å²) in [7, 11) is 0. The average molecular weight is 259 g/mol. The summed E-state index contributed by atoms with van der Waals surface area (Å²) in [6.07, 6.45) is 6.32. The molecule has 0 spiro atoms. The fourth-order valence-corrected chi connectivity index (χ4v) is 3.05. The summed E-state index contributed by atoms with van der Waals surface area (Å²) in [5.74, 6) is 0.411. The van der Waals surface area contributed by atoms with E-state index >= 15 is 0 Å². The summed E-state index contributed by atoms with van der Waals surface area (Å²) < 4.78 is 5.47. The zero-order chi connectivity index (χ0) is 13.1. The summed E-state index contributed by atoms with van der Waals surface area (Å²) in [6, 6.07) is 5.89. The molecular formula is C16H21NO2. The molecule has 1 fully saturated rings. The molecule has 1 aromatic carbocycles. The van der Waals surface area contributed by atoms with Gasteiger partial charge in [0, 0.05) is 13.1 Å². The van der Waals surface area contributed by atoms with Crippen molar-refractivity contribution in [1.82, 2.24) is 5.32 Å². The van der Waals surface area contributed by atoms with Crippen molar-refractivity contribution in [2.75, 3.05) is 6.61 Å². The third kappa shape index (κ3) is 2.98. The van der Waals surface area contributed by atoms with E-state index in [-0.39, 0.29) is 5.97 Å². The molecule has 1 aliphatic carbocycles. The predicted octanol–water partition coefficient (Wildman–Crippen LogP) is 3.03. The number of carbonyl (C=O) groups excluding carboxylic acids is 1. The van der Waals surface area contributed by atoms with Crippen LogP contribution in [0.1, 0.15) is 53.6 Å². The number of rotatable bonds is 3. The molecule has 0 unspecified atom stereocenters. The van der Waals surface area contributed by atoms with Gasteiger partial charge in [-0.3, -0.25) is 0 Å². The van der Waals surface area contributed by atoms with Gasteiger partial charge in [0.1, 0.15) is 0 Å². The van der Waals surface area contributed by atoms with Crippen LogP contribution in [0.15, 0.2) is 18.2 Å². The third-order valence-electron chi connectivity index (χ3n) is 4.25. The first-order valence-corrected chi connectivity index (χ1v) is 7.32. The Morgan fingerprint density at radius 3 is 2.79 bits per heavy atom. The van der Waals surface area contributed by atoms with Crippen LogP contribution < -0.4 is 5.32 Å². The molecule has 0 bridgehead atoms. The zero-order valence-corrected chi connectivity index (χ0v) is 11.3. The highest BCUT2D eigenvalue weighted by atomic mass is 16.5. The van der Waals surface area contributed by atoms with Gasteiger partial charge >= 0.3 is 5.97 Å². The topological polar surface area (TPSA) is 38.3 Å². The van der Waals surface area contributed by atoms with E-state index < -0.39 is 0 Å². The molecular weight excluding hydrogens is 238 g/mol. The second-order valence-corrected chi connectivity index (χ2v) is 5.69. The summed E-state index contributed by atoms with van der Waals surface area (Å²) in [4.78, 5) is 12.0. The minimum absolute atomic E-state index is 0.166. The maximum atomic E-state index is 12.0. The van der Waals surface area contributed by atoms with E-state index in [9.17, 15) is 4.79 Å². The molecule has 0 atom stereocenters. The Hall–Kier alpha value is -1.35. The maximum absolute atomic E-state index is 12.0. The quantitative estimate of drug-likeness (QED) is 0.848. The lowest BCUT2D eigenvalue weighted by Gasteiger charge is -2.21. The average Bonchev–Trinajstić information content (AvgIpc) is 2.93. The number of carbonyl (C=O) groups is 1. The second-order valence-electron chi connectivity index (χ2n) is 5.69. The van der Waals surface area contributed by atoms with E-state index in [1.54, 1.807) is 0 Å². The number of hydrogen-bond acceptors (Lipinski definition) is 3. The molecule has 3 heteroatoms. The van der Waals surface area contributed by atoms with Crippen LogP contribution in [0.2, 0.25) is 0 Å². The molecule has 1 N–H and O–H groups in total. The van der Waals surface area contributed by atoms with Gasteiger partial charge in [-0.05, 0) is 42.0 Å². The van der Waals surface area contributed by atoms with Crippen molar-refractivity contribution in [2.24, 2.45) is 5.92 Å². The maximum Gasteiger partial charge on any atom is 0.338 e. The number of esters is 1. The number of nitrogens with one attached hydrogen (secondary N) is 1. The minimum Gasteiger partial charge on any atom is -0.462 e. The van der Waals surface area contributed by atoms with E-state index in [0.29, 0.717) is 18.1 Å². The van der Waals surface area contributed by atoms with Crippen molar-refractivity contribution in [1.29, 1.82) is 0 Å². The molecule has 0 aromatic heterocycles. The van der Waals surface area contributed by atoms with Crippen molar-refractivity contribution in [3.63, 3.8) is 0 Å². The Morgan fingerprint density at radius 2 is 1.95 bits per heavy atom. The lowest BCUT2D eigenvalue weighted by molar-refractivity contribution is 0.0410. The fraction of sp³-hybridized carbons (Fsp3) is 0.562. The molecule has 1 aliphatic heterocycles. The molecule has 3 rings (SSSR count). The van der Waals surface area contributed by atoms with Gasteiger partial charge in [0.2, 0.25) is 0 Å². The molecule has 3 nitrogen and oxygen atoms in total. The van der Waals surface area contributed by atoms with Gasteiger partial charge < -0.3 is 10.1 Å². The lowest BCUT2D eigenvalue weighted by atomic mass is 9.90. The van der Waals surface area contributed by atoms with Crippen LogP contribution in [0.5, 0.6) is 0 Å². The standard InChI is InChI=1S/C16H21NO2/c18-16(19-11-12-4-2-1-3-5-12)13-6-7-14-9-17-10-15(14)8-13/h6-8,12,17H,1-5,9-11H2. The van der Waals surface area contributed by atoms with Gasteiger partial charge in [0.05, 0.1) is 12.2 Å². The Bertz CT molecular complexity index is 464. The van der Waals surface area contributed by atoms with Gasteiger partial charge in [0.15, 0.2) is 0 Å². The number of ether oxygens (including phenoxy) is 1. The normalized spacial score (nSPS) is 19.2. The molecule has 0 saturated heterocycles. The third-order valence-corrected chi connectivity index (χ3v) is 4.25. The highest BCUT2D eigenvalue weighted by molar-refractivity contribution is 5.89. The van der Waals surface area contributed by atoms with Gasteiger partial charge in [0.25, 0.3) is 0 Å². The summed E-state index contributed by atoms with van der Waals surface area (Å²) in [5.41, 5.74) is 3.22. The molecule has 2 aliphatic rings. The van der Waals surface area contributed by atoms with Gasteiger partial charge in [-0.2, -0.15) is 0 Å². The predicted molar refractivity (Wildman–Crippen MR) is 73.8 cm³/mol. The van der Waals surface area contributed by atoms with Gasteiger partial charge in [-0.25, -0.2) is 4.79 Å². The van der Waals surface area contributed by atoms with Crippen LogP contribution in [0.4, 0.5) is 0 Å². The van der Waals surface area contributed by atoms with Crippen molar-refractivity contribution in [3.05, 3.63) is 34.9 Å². The molecule has 102 valence electrons. The van der Waals surface area contributed by atoms with Gasteiger partial charge in [-0.15, -0.1) is 0 Å². The molecule has 19 heavy (non-hydrogen) atoms. The second kappa shape index (κ2) is 5.74. The number of benzene rings is 1. The summed E-state index contributed by atoms with van der Waals surface area (Å²) in [6.45, 7) is 2.36. The SMILES string of the molecule is O=C(OCC1CCCCC1)c1ccc2c(c1)CNC2. The van der Waals surface area contributed by atoms with Gasteiger partial charge in [-0.1, -0.05) is 25.3 Å². The van der Waals surface area contributed by atoms with E-state index in [1.165, 1.54) is 43.2 Å². The molecule has 0 amide bonds. The highest BCUT2D eigenvalue weighted by Gasteiger charge is 2.18. The number of hydrogen-bond donors (Lipinski definition) is 1. The van der Waals surface area contributed by atoms with Crippen LogP contribution in [0, 0.1) is 5.92 Å². The van der Waals surface area contributed by atoms with E-state index in [2.05, 4.69) is 5.32 Å². The summed E-state index contributed by atoms with van der Waals surface area (Å²) in [5, 5.41) is 3.29.